The third kappa shape index (κ3) is 4.86. The second-order valence-corrected chi connectivity index (χ2v) is 7.01. The van der Waals surface area contributed by atoms with Crippen molar-refractivity contribution in [3.05, 3.63) is 76.6 Å². The number of amides is 1. The maximum absolute atomic E-state index is 12.3. The van der Waals surface area contributed by atoms with Crippen LogP contribution in [-0.2, 0) is 17.8 Å². The minimum atomic E-state index is -0.327. The molecule has 3 aromatic rings. The lowest BCUT2D eigenvalue weighted by atomic mass is 10.1. The number of rotatable bonds is 6. The molecule has 2 aromatic carbocycles. The molecule has 0 saturated heterocycles. The number of hydrogen-bond acceptors (Lipinski definition) is 5. The minimum absolute atomic E-state index is 0.133. The molecule has 1 aliphatic heterocycles. The summed E-state index contributed by atoms with van der Waals surface area (Å²) in [5.41, 5.74) is 2.19. The molecule has 0 saturated carbocycles. The SMILES string of the molecule is O=C(Cn1nc(-c2ccc3c(c2)OCCCO3)ccc1=O)NCCc1ccccc1. The van der Waals surface area contributed by atoms with Gasteiger partial charge in [0.05, 0.1) is 18.9 Å². The molecule has 0 atom stereocenters. The number of hydrogen-bond donors (Lipinski definition) is 1. The van der Waals surface area contributed by atoms with Crippen molar-refractivity contribution in [1.82, 2.24) is 15.1 Å². The topological polar surface area (TPSA) is 82.5 Å². The van der Waals surface area contributed by atoms with Crippen LogP contribution in [0.1, 0.15) is 12.0 Å². The Bertz CT molecular complexity index is 1080. The van der Waals surface area contributed by atoms with Crippen LogP contribution in [0.3, 0.4) is 0 Å². The van der Waals surface area contributed by atoms with Crippen molar-refractivity contribution in [1.29, 1.82) is 0 Å². The van der Waals surface area contributed by atoms with Gasteiger partial charge in [-0.2, -0.15) is 5.10 Å². The first kappa shape index (κ1) is 19.7. The molecule has 0 unspecified atom stereocenters. The molecule has 1 N–H and O–H groups in total. The van der Waals surface area contributed by atoms with Gasteiger partial charge in [-0.05, 0) is 36.2 Å². The van der Waals surface area contributed by atoms with E-state index in [0.29, 0.717) is 37.0 Å². The molecule has 0 spiro atoms. The molecule has 0 radical (unpaired) electrons. The summed E-state index contributed by atoms with van der Waals surface area (Å²) in [6.45, 7) is 1.58. The summed E-state index contributed by atoms with van der Waals surface area (Å²) in [4.78, 5) is 24.5. The Balaban J connectivity index is 1.43. The van der Waals surface area contributed by atoms with Crippen LogP contribution in [0.2, 0.25) is 0 Å². The summed E-state index contributed by atoms with van der Waals surface area (Å²) in [5, 5.41) is 7.21. The van der Waals surface area contributed by atoms with E-state index in [1.165, 1.54) is 10.7 Å². The van der Waals surface area contributed by atoms with Crippen molar-refractivity contribution >= 4 is 5.91 Å². The van der Waals surface area contributed by atoms with Gasteiger partial charge in [-0.1, -0.05) is 30.3 Å². The quantitative estimate of drug-likeness (QED) is 0.681. The van der Waals surface area contributed by atoms with Crippen molar-refractivity contribution in [2.45, 2.75) is 19.4 Å². The van der Waals surface area contributed by atoms with Crippen LogP contribution >= 0.6 is 0 Å². The zero-order valence-electron chi connectivity index (χ0n) is 16.5. The van der Waals surface area contributed by atoms with Crippen LogP contribution < -0.4 is 20.3 Å². The van der Waals surface area contributed by atoms with Crippen LogP contribution in [0.25, 0.3) is 11.3 Å². The fourth-order valence-corrected chi connectivity index (χ4v) is 3.22. The lowest BCUT2D eigenvalue weighted by Gasteiger charge is -2.11. The van der Waals surface area contributed by atoms with Crippen molar-refractivity contribution in [2.75, 3.05) is 19.8 Å². The Labute approximate surface area is 174 Å². The van der Waals surface area contributed by atoms with E-state index in [1.807, 2.05) is 48.5 Å². The van der Waals surface area contributed by atoms with Gasteiger partial charge in [-0.3, -0.25) is 9.59 Å². The van der Waals surface area contributed by atoms with E-state index < -0.39 is 0 Å². The van der Waals surface area contributed by atoms with E-state index in [-0.39, 0.29) is 18.0 Å². The van der Waals surface area contributed by atoms with Gasteiger partial charge >= 0.3 is 0 Å². The molecule has 7 nitrogen and oxygen atoms in total. The van der Waals surface area contributed by atoms with E-state index in [4.69, 9.17) is 9.47 Å². The van der Waals surface area contributed by atoms with Gasteiger partial charge in [-0.15, -0.1) is 0 Å². The number of carbonyl (C=O) groups excluding carboxylic acids is 1. The molecule has 4 rings (SSSR count). The summed E-state index contributed by atoms with van der Waals surface area (Å²) in [5.74, 6) is 1.10. The highest BCUT2D eigenvalue weighted by Gasteiger charge is 2.13. The van der Waals surface area contributed by atoms with Crippen molar-refractivity contribution in [3.8, 4) is 22.8 Å². The van der Waals surface area contributed by atoms with Gasteiger partial charge in [0.15, 0.2) is 11.5 Å². The minimum Gasteiger partial charge on any atom is -0.490 e. The second kappa shape index (κ2) is 9.26. The van der Waals surface area contributed by atoms with E-state index in [0.717, 1.165) is 24.0 Å². The number of ether oxygens (including phenoxy) is 2. The highest BCUT2D eigenvalue weighted by Crippen LogP contribution is 2.33. The van der Waals surface area contributed by atoms with Gasteiger partial charge in [0.25, 0.3) is 5.56 Å². The maximum Gasteiger partial charge on any atom is 0.267 e. The summed E-state index contributed by atoms with van der Waals surface area (Å²) >= 11 is 0. The first-order valence-corrected chi connectivity index (χ1v) is 9.98. The zero-order valence-corrected chi connectivity index (χ0v) is 16.5. The first-order valence-electron chi connectivity index (χ1n) is 9.98. The van der Waals surface area contributed by atoms with Gasteiger partial charge in [-0.25, -0.2) is 4.68 Å². The summed E-state index contributed by atoms with van der Waals surface area (Å²) in [7, 11) is 0. The fraction of sp³-hybridized carbons (Fsp3) is 0.261. The molecular formula is C23H23N3O4. The molecule has 0 fully saturated rings. The Morgan fingerprint density at radius 2 is 1.80 bits per heavy atom. The van der Waals surface area contributed by atoms with Crippen LogP contribution in [0, 0.1) is 0 Å². The standard InChI is InChI=1S/C23H23N3O4/c27-22(24-12-11-17-5-2-1-3-6-17)16-26-23(28)10-8-19(25-26)18-7-9-20-21(15-18)30-14-4-13-29-20/h1-3,5-10,15H,4,11-14,16H2,(H,24,27). The number of nitrogens with one attached hydrogen (secondary N) is 1. The Morgan fingerprint density at radius 3 is 2.63 bits per heavy atom. The van der Waals surface area contributed by atoms with Crippen LogP contribution in [0.15, 0.2) is 65.5 Å². The molecule has 0 aliphatic carbocycles. The van der Waals surface area contributed by atoms with Gasteiger partial charge in [0, 0.05) is 24.6 Å². The number of carbonyl (C=O) groups is 1. The first-order chi connectivity index (χ1) is 14.7. The van der Waals surface area contributed by atoms with Crippen molar-refractivity contribution in [3.63, 3.8) is 0 Å². The Kier molecular flexibility index (Phi) is 6.08. The monoisotopic (exact) mass is 405 g/mol. The molecule has 154 valence electrons. The van der Waals surface area contributed by atoms with E-state index in [2.05, 4.69) is 10.4 Å². The molecule has 30 heavy (non-hydrogen) atoms. The average molecular weight is 405 g/mol. The molecule has 1 amide bonds. The zero-order chi connectivity index (χ0) is 20.8. The highest BCUT2D eigenvalue weighted by molar-refractivity contribution is 5.75. The van der Waals surface area contributed by atoms with E-state index in [1.54, 1.807) is 6.07 Å². The summed E-state index contributed by atoms with van der Waals surface area (Å²) in [6.07, 6.45) is 1.55. The van der Waals surface area contributed by atoms with Gasteiger partial charge in [0.2, 0.25) is 5.91 Å². The summed E-state index contributed by atoms with van der Waals surface area (Å²) < 4.78 is 12.6. The molecular weight excluding hydrogens is 382 g/mol. The summed E-state index contributed by atoms with van der Waals surface area (Å²) in [6, 6.07) is 18.5. The molecule has 1 aliphatic rings. The number of fused-ring (bicyclic) bond motifs is 1. The predicted molar refractivity (Wildman–Crippen MR) is 113 cm³/mol. The Hall–Kier alpha value is -3.61. The maximum atomic E-state index is 12.3. The lowest BCUT2D eigenvalue weighted by molar-refractivity contribution is -0.121. The van der Waals surface area contributed by atoms with Crippen LogP contribution in [0.4, 0.5) is 0 Å². The molecule has 1 aromatic heterocycles. The largest absolute Gasteiger partial charge is 0.490 e. The van der Waals surface area contributed by atoms with E-state index >= 15 is 0 Å². The third-order valence-electron chi connectivity index (χ3n) is 4.78. The van der Waals surface area contributed by atoms with Crippen molar-refractivity contribution in [2.24, 2.45) is 0 Å². The number of benzene rings is 2. The number of aromatic nitrogens is 2. The predicted octanol–water partition coefficient (Wildman–Crippen LogP) is 2.43. The molecule has 7 heteroatoms. The number of nitrogens with zero attached hydrogens (tertiary/aromatic N) is 2. The van der Waals surface area contributed by atoms with E-state index in [9.17, 15) is 9.59 Å². The average Bonchev–Trinajstić information content (AvgIpc) is 3.01. The highest BCUT2D eigenvalue weighted by atomic mass is 16.5. The molecule has 0 bridgehead atoms. The van der Waals surface area contributed by atoms with Gasteiger partial charge in [0.1, 0.15) is 6.54 Å². The fourth-order valence-electron chi connectivity index (χ4n) is 3.22. The lowest BCUT2D eigenvalue weighted by Crippen LogP contribution is -2.34. The van der Waals surface area contributed by atoms with Crippen LogP contribution in [0.5, 0.6) is 11.5 Å². The Morgan fingerprint density at radius 1 is 1.00 bits per heavy atom. The van der Waals surface area contributed by atoms with Crippen molar-refractivity contribution < 1.29 is 14.3 Å². The molecule has 2 heterocycles. The third-order valence-corrected chi connectivity index (χ3v) is 4.78. The van der Waals surface area contributed by atoms with Crippen LogP contribution in [-0.4, -0.2) is 35.4 Å². The smallest absolute Gasteiger partial charge is 0.267 e. The van der Waals surface area contributed by atoms with Gasteiger partial charge < -0.3 is 14.8 Å². The second-order valence-electron chi connectivity index (χ2n) is 7.01. The normalized spacial score (nSPS) is 12.8.